The second-order valence-corrected chi connectivity index (χ2v) is 15.3. The number of benzene rings is 8. The molecule has 0 aliphatic carbocycles. The molecule has 61 heavy (non-hydrogen) atoms. The van der Waals surface area contributed by atoms with Crippen molar-refractivity contribution in [1.82, 2.24) is 15.2 Å². The minimum Gasteiger partial charge on any atom is -0.456 e. The van der Waals surface area contributed by atoms with Crippen LogP contribution in [-0.4, -0.2) is 15.2 Å². The molecule has 13 aromatic rings. The molecule has 5 heterocycles. The third-order valence-corrected chi connectivity index (χ3v) is 11.8. The first kappa shape index (κ1) is 33.5. The number of fused-ring (bicyclic) bond motifs is 11. The Morgan fingerprint density at radius 2 is 0.787 bits per heavy atom. The summed E-state index contributed by atoms with van der Waals surface area (Å²) in [6, 6.07) is 62.2. The number of hydrogen-bond donors (Lipinski definition) is 0. The van der Waals surface area contributed by atoms with Crippen LogP contribution in [0.5, 0.6) is 0 Å². The number of hydrogen-bond acceptors (Lipinski definition) is 8. The van der Waals surface area contributed by atoms with E-state index in [0.29, 0.717) is 28.3 Å². The zero-order valence-electron chi connectivity index (χ0n) is 32.4. The molecular weight excluding hydrogens is 755 g/mol. The fourth-order valence-electron chi connectivity index (χ4n) is 8.97. The van der Waals surface area contributed by atoms with Crippen LogP contribution in [0, 0.1) is 0 Å². The second kappa shape index (κ2) is 13.0. The first-order valence-electron chi connectivity index (χ1n) is 20.2. The molecule has 0 bridgehead atoms. The van der Waals surface area contributed by atoms with Gasteiger partial charge in [-0.05, 0) is 59.3 Å². The third-order valence-electron chi connectivity index (χ3n) is 11.8. The lowest BCUT2D eigenvalue weighted by Gasteiger charge is -2.25. The molecule has 0 amide bonds. The van der Waals surface area contributed by atoms with Crippen LogP contribution in [0.3, 0.4) is 0 Å². The van der Waals surface area contributed by atoms with Gasteiger partial charge in [-0.25, -0.2) is 4.98 Å². The normalized spacial score (nSPS) is 11.9. The summed E-state index contributed by atoms with van der Waals surface area (Å²) in [5.41, 5.74) is 8.85. The molecule has 0 unspecified atom stereocenters. The minimum absolute atomic E-state index is 0.592. The number of furan rings is 3. The minimum atomic E-state index is 0.592. The Balaban J connectivity index is 0.981. The van der Waals surface area contributed by atoms with Crippen LogP contribution in [0.2, 0.25) is 0 Å². The number of para-hydroxylation sites is 2. The molecular formula is C53H31N5O3. The van der Waals surface area contributed by atoms with Crippen molar-refractivity contribution >= 4 is 122 Å². The van der Waals surface area contributed by atoms with Crippen molar-refractivity contribution in [3.63, 3.8) is 0 Å². The monoisotopic (exact) mass is 785 g/mol. The Hall–Kier alpha value is -8.49. The van der Waals surface area contributed by atoms with E-state index in [2.05, 4.69) is 143 Å². The highest BCUT2D eigenvalue weighted by molar-refractivity contribution is 6.09. The largest absolute Gasteiger partial charge is 0.456 e. The maximum atomic E-state index is 6.74. The molecule has 8 aromatic carbocycles. The Bertz CT molecular complexity index is 3620. The highest BCUT2D eigenvalue weighted by atomic mass is 16.3. The van der Waals surface area contributed by atoms with Crippen molar-refractivity contribution in [3.8, 4) is 0 Å². The van der Waals surface area contributed by atoms with E-state index >= 15 is 0 Å². The van der Waals surface area contributed by atoms with Crippen molar-refractivity contribution in [2.75, 3.05) is 9.80 Å². The lowest BCUT2D eigenvalue weighted by atomic mass is 10.1. The third kappa shape index (κ3) is 5.22. The average molecular weight is 786 g/mol. The van der Waals surface area contributed by atoms with E-state index in [9.17, 15) is 0 Å². The highest BCUT2D eigenvalue weighted by Gasteiger charge is 2.23. The van der Waals surface area contributed by atoms with E-state index in [4.69, 9.17) is 28.4 Å². The summed E-state index contributed by atoms with van der Waals surface area (Å²) in [6.45, 7) is 0. The predicted molar refractivity (Wildman–Crippen MR) is 246 cm³/mol. The summed E-state index contributed by atoms with van der Waals surface area (Å²) in [5, 5.41) is 19.1. The molecule has 0 fully saturated rings. The number of anilines is 6. The van der Waals surface area contributed by atoms with Crippen molar-refractivity contribution in [2.45, 2.75) is 0 Å². The van der Waals surface area contributed by atoms with E-state index in [-0.39, 0.29) is 0 Å². The second-order valence-electron chi connectivity index (χ2n) is 15.3. The standard InChI is InChI=1S/C53H31N5O3/c1-3-15-36-32(11-1)13-9-19-43(36)57(34-23-25-40-38-17-5-7-21-45(38)59-47(40)27-34)51-29-49-42(31-54-51)53-50(61-49)30-52(55-56-53)58(44-20-10-14-33-12-2-4-16-37(33)44)35-24-26-41-39-18-6-8-22-46(39)60-48(41)28-35/h1-31H. The van der Waals surface area contributed by atoms with Crippen molar-refractivity contribution in [3.05, 3.63) is 188 Å². The first-order chi connectivity index (χ1) is 30.2. The fourth-order valence-corrected chi connectivity index (χ4v) is 8.97. The maximum Gasteiger partial charge on any atom is 0.164 e. The number of aromatic nitrogens is 3. The van der Waals surface area contributed by atoms with Gasteiger partial charge in [0.2, 0.25) is 0 Å². The van der Waals surface area contributed by atoms with Crippen molar-refractivity contribution < 1.29 is 13.3 Å². The van der Waals surface area contributed by atoms with Gasteiger partial charge >= 0.3 is 0 Å². The fraction of sp³-hybridized carbons (Fsp3) is 0. The van der Waals surface area contributed by atoms with Gasteiger partial charge in [0.1, 0.15) is 39.2 Å². The van der Waals surface area contributed by atoms with Gasteiger partial charge in [0.05, 0.1) is 28.1 Å². The topological polar surface area (TPSA) is 84.6 Å². The van der Waals surface area contributed by atoms with Crippen LogP contribution >= 0.6 is 0 Å². The van der Waals surface area contributed by atoms with Gasteiger partial charge in [-0.3, -0.25) is 9.80 Å². The van der Waals surface area contributed by atoms with Crippen LogP contribution in [0.1, 0.15) is 0 Å². The predicted octanol–water partition coefficient (Wildman–Crippen LogP) is 14.8. The highest BCUT2D eigenvalue weighted by Crippen LogP contribution is 2.44. The molecule has 0 saturated carbocycles. The van der Waals surface area contributed by atoms with Gasteiger partial charge in [0, 0.05) is 62.8 Å². The van der Waals surface area contributed by atoms with Crippen LogP contribution in [-0.2, 0) is 0 Å². The summed E-state index contributed by atoms with van der Waals surface area (Å²) in [6.07, 6.45) is 1.83. The Kier molecular flexibility index (Phi) is 7.14. The molecule has 0 aliphatic heterocycles. The Morgan fingerprint density at radius 3 is 1.39 bits per heavy atom. The lowest BCUT2D eigenvalue weighted by Crippen LogP contribution is -2.12. The van der Waals surface area contributed by atoms with E-state index in [0.717, 1.165) is 93.6 Å². The van der Waals surface area contributed by atoms with Crippen LogP contribution in [0.25, 0.3) is 87.5 Å². The molecule has 0 saturated heterocycles. The number of nitrogens with zero attached hydrogens (tertiary/aromatic N) is 5. The average Bonchev–Trinajstić information content (AvgIpc) is 3.99. The van der Waals surface area contributed by atoms with E-state index < -0.39 is 0 Å². The van der Waals surface area contributed by atoms with Gasteiger partial charge in [-0.1, -0.05) is 109 Å². The van der Waals surface area contributed by atoms with Crippen molar-refractivity contribution in [2.24, 2.45) is 0 Å². The molecule has 0 aliphatic rings. The molecule has 286 valence electrons. The maximum absolute atomic E-state index is 6.74. The first-order valence-corrected chi connectivity index (χ1v) is 20.2. The summed E-state index contributed by atoms with van der Waals surface area (Å²) >= 11 is 0. The Labute approximate surface area is 347 Å². The molecule has 5 aromatic heterocycles. The van der Waals surface area contributed by atoms with Crippen LogP contribution in [0.4, 0.5) is 34.4 Å². The van der Waals surface area contributed by atoms with Gasteiger partial charge < -0.3 is 13.3 Å². The zero-order valence-corrected chi connectivity index (χ0v) is 32.4. The van der Waals surface area contributed by atoms with E-state index in [1.54, 1.807) is 0 Å². The summed E-state index contributed by atoms with van der Waals surface area (Å²) in [7, 11) is 0. The lowest BCUT2D eigenvalue weighted by molar-refractivity contribution is 0.666. The molecule has 8 heteroatoms. The molecule has 0 spiro atoms. The molecule has 0 N–H and O–H groups in total. The Morgan fingerprint density at radius 1 is 0.328 bits per heavy atom. The van der Waals surface area contributed by atoms with Crippen LogP contribution in [0.15, 0.2) is 201 Å². The van der Waals surface area contributed by atoms with Crippen molar-refractivity contribution in [1.29, 1.82) is 0 Å². The van der Waals surface area contributed by atoms with Gasteiger partial charge in [-0.15, -0.1) is 10.2 Å². The molecule has 13 rings (SSSR count). The van der Waals surface area contributed by atoms with E-state index in [1.807, 2.05) is 54.7 Å². The van der Waals surface area contributed by atoms with Gasteiger partial charge in [-0.2, -0.15) is 0 Å². The summed E-state index contributed by atoms with van der Waals surface area (Å²) in [5.74, 6) is 1.28. The van der Waals surface area contributed by atoms with Crippen LogP contribution < -0.4 is 9.80 Å². The molecule has 0 radical (unpaired) electrons. The number of pyridine rings is 1. The zero-order chi connectivity index (χ0) is 40.0. The van der Waals surface area contributed by atoms with E-state index in [1.165, 1.54) is 0 Å². The number of rotatable bonds is 6. The SMILES string of the molecule is c1ccc2c(N(c3ccc4c(c3)oc3ccccc34)c3cc4oc5cc(N(c6ccc7c(c6)oc6ccccc67)c6cccc7ccccc67)nnc5c4cn3)cccc2c1. The molecule has 0 atom stereocenters. The summed E-state index contributed by atoms with van der Waals surface area (Å²) in [4.78, 5) is 9.37. The van der Waals surface area contributed by atoms with Gasteiger partial charge in [0.15, 0.2) is 11.4 Å². The quantitative estimate of drug-likeness (QED) is 0.165. The summed E-state index contributed by atoms with van der Waals surface area (Å²) < 4.78 is 19.5. The van der Waals surface area contributed by atoms with Gasteiger partial charge in [0.25, 0.3) is 0 Å². The smallest absolute Gasteiger partial charge is 0.164 e. The molecule has 8 nitrogen and oxygen atoms in total.